The van der Waals surface area contributed by atoms with Crippen molar-refractivity contribution in [3.63, 3.8) is 0 Å². The highest BCUT2D eigenvalue weighted by Gasteiger charge is 2.14. The monoisotopic (exact) mass is 202 g/mol. The number of hydrogen-bond acceptors (Lipinski definition) is 3. The molecule has 0 saturated heterocycles. The van der Waals surface area contributed by atoms with E-state index in [4.69, 9.17) is 11.9 Å². The second kappa shape index (κ2) is 4.87. The molecule has 0 aliphatic rings. The molecule has 0 amide bonds. The van der Waals surface area contributed by atoms with E-state index in [2.05, 4.69) is 9.39 Å². The van der Waals surface area contributed by atoms with Crippen molar-refractivity contribution in [2.45, 2.75) is 25.8 Å². The van der Waals surface area contributed by atoms with Crippen LogP contribution in [0.4, 0.5) is 0 Å². The van der Waals surface area contributed by atoms with Gasteiger partial charge in [-0.25, -0.2) is 0 Å². The lowest BCUT2D eigenvalue weighted by atomic mass is 10.1. The smallest absolute Gasteiger partial charge is 0.326 e. The van der Waals surface area contributed by atoms with Crippen LogP contribution in [0.25, 0.3) is 0 Å². The van der Waals surface area contributed by atoms with E-state index in [0.29, 0.717) is 0 Å². The summed E-state index contributed by atoms with van der Waals surface area (Å²) in [4.78, 5) is 10.9. The summed E-state index contributed by atoms with van der Waals surface area (Å²) in [6, 6.07) is 1.84. The SMILES string of the molecule is CCC(CC(=O)OCl)n1cccn1. The Labute approximate surface area is 81.6 Å². The van der Waals surface area contributed by atoms with Gasteiger partial charge in [0.25, 0.3) is 0 Å². The van der Waals surface area contributed by atoms with E-state index >= 15 is 0 Å². The molecule has 13 heavy (non-hydrogen) atoms. The predicted octanol–water partition coefficient (Wildman–Crippen LogP) is 1.92. The van der Waals surface area contributed by atoms with Gasteiger partial charge in [0.15, 0.2) is 0 Å². The van der Waals surface area contributed by atoms with Gasteiger partial charge in [-0.05, 0) is 12.5 Å². The molecule has 0 aliphatic heterocycles. The summed E-state index contributed by atoms with van der Waals surface area (Å²) < 4.78 is 5.80. The molecule has 0 aliphatic carbocycles. The molecule has 1 rings (SSSR count). The van der Waals surface area contributed by atoms with Gasteiger partial charge in [-0.1, -0.05) is 6.92 Å². The first-order chi connectivity index (χ1) is 6.27. The Hall–Kier alpha value is -1.03. The molecule has 1 unspecified atom stereocenters. The van der Waals surface area contributed by atoms with Crippen LogP contribution in [0.3, 0.4) is 0 Å². The number of carbonyl (C=O) groups excluding carboxylic acids is 1. The maximum absolute atomic E-state index is 10.9. The Morgan fingerprint density at radius 2 is 2.54 bits per heavy atom. The average molecular weight is 203 g/mol. The van der Waals surface area contributed by atoms with Crippen molar-refractivity contribution in [1.82, 2.24) is 9.78 Å². The Morgan fingerprint density at radius 3 is 3.00 bits per heavy atom. The number of hydrogen-bond donors (Lipinski definition) is 0. The topological polar surface area (TPSA) is 44.1 Å². The average Bonchev–Trinajstić information content (AvgIpc) is 2.66. The van der Waals surface area contributed by atoms with Crippen molar-refractivity contribution in [3.8, 4) is 0 Å². The van der Waals surface area contributed by atoms with Gasteiger partial charge in [-0.3, -0.25) is 9.48 Å². The maximum Gasteiger partial charge on any atom is 0.326 e. The molecular formula is C8H11ClN2O2. The second-order valence-electron chi connectivity index (χ2n) is 2.70. The quantitative estimate of drug-likeness (QED) is 0.749. The molecule has 1 heterocycles. The Kier molecular flexibility index (Phi) is 3.76. The van der Waals surface area contributed by atoms with Crippen molar-refractivity contribution in [2.75, 3.05) is 0 Å². The van der Waals surface area contributed by atoms with Gasteiger partial charge in [0.05, 0.1) is 12.5 Å². The molecular weight excluding hydrogens is 192 g/mol. The first-order valence-electron chi connectivity index (χ1n) is 4.08. The van der Waals surface area contributed by atoms with Gasteiger partial charge in [-0.15, -0.1) is 0 Å². The van der Waals surface area contributed by atoms with E-state index in [1.807, 2.05) is 19.2 Å². The zero-order chi connectivity index (χ0) is 9.68. The van der Waals surface area contributed by atoms with Crippen LogP contribution in [-0.4, -0.2) is 15.7 Å². The fourth-order valence-electron chi connectivity index (χ4n) is 1.15. The molecule has 0 fully saturated rings. The van der Waals surface area contributed by atoms with Crippen molar-refractivity contribution >= 4 is 17.8 Å². The lowest BCUT2D eigenvalue weighted by Crippen LogP contribution is -2.13. The molecule has 1 atom stereocenters. The van der Waals surface area contributed by atoms with E-state index in [9.17, 15) is 4.79 Å². The summed E-state index contributed by atoms with van der Waals surface area (Å²) in [6.07, 6.45) is 4.56. The first kappa shape index (κ1) is 10.1. The van der Waals surface area contributed by atoms with Crippen molar-refractivity contribution in [3.05, 3.63) is 18.5 Å². The molecule has 1 aromatic rings. The van der Waals surface area contributed by atoms with Crippen LogP contribution >= 0.6 is 11.9 Å². The Balaban J connectivity index is 2.58. The molecule has 72 valence electrons. The number of carbonyl (C=O) groups is 1. The first-order valence-corrected chi connectivity index (χ1v) is 4.39. The van der Waals surface area contributed by atoms with Crippen molar-refractivity contribution in [2.24, 2.45) is 0 Å². The number of nitrogens with zero attached hydrogens (tertiary/aromatic N) is 2. The molecule has 0 radical (unpaired) electrons. The highest BCUT2D eigenvalue weighted by atomic mass is 35.5. The fourth-order valence-corrected chi connectivity index (χ4v) is 1.21. The van der Waals surface area contributed by atoms with Crippen LogP contribution in [0.1, 0.15) is 25.8 Å². The van der Waals surface area contributed by atoms with Gasteiger partial charge < -0.3 is 4.29 Å². The van der Waals surface area contributed by atoms with Gasteiger partial charge >= 0.3 is 5.97 Å². The van der Waals surface area contributed by atoms with Crippen LogP contribution in [0.15, 0.2) is 18.5 Å². The lowest BCUT2D eigenvalue weighted by Gasteiger charge is -2.12. The molecule has 0 N–H and O–H groups in total. The van der Waals surface area contributed by atoms with E-state index in [1.54, 1.807) is 10.9 Å². The van der Waals surface area contributed by atoms with Gasteiger partial charge in [0.1, 0.15) is 11.9 Å². The summed E-state index contributed by atoms with van der Waals surface area (Å²) in [5.74, 6) is -0.427. The third-order valence-electron chi connectivity index (χ3n) is 1.86. The molecule has 4 nitrogen and oxygen atoms in total. The highest BCUT2D eigenvalue weighted by Crippen LogP contribution is 2.15. The zero-order valence-electron chi connectivity index (χ0n) is 7.31. The highest BCUT2D eigenvalue weighted by molar-refractivity contribution is 6.13. The van der Waals surface area contributed by atoms with E-state index in [1.165, 1.54) is 0 Å². The molecule has 0 saturated carbocycles. The van der Waals surface area contributed by atoms with Crippen LogP contribution in [0.2, 0.25) is 0 Å². The number of rotatable bonds is 4. The van der Waals surface area contributed by atoms with E-state index < -0.39 is 5.97 Å². The van der Waals surface area contributed by atoms with Crippen molar-refractivity contribution < 1.29 is 9.08 Å². The van der Waals surface area contributed by atoms with E-state index in [0.717, 1.165) is 6.42 Å². The number of halogens is 1. The minimum atomic E-state index is -0.427. The van der Waals surface area contributed by atoms with Gasteiger partial charge in [0, 0.05) is 12.4 Å². The van der Waals surface area contributed by atoms with Gasteiger partial charge in [-0.2, -0.15) is 5.10 Å². The molecule has 0 spiro atoms. The van der Waals surface area contributed by atoms with Crippen LogP contribution in [0.5, 0.6) is 0 Å². The lowest BCUT2D eigenvalue weighted by molar-refractivity contribution is -0.134. The molecule has 0 bridgehead atoms. The molecule has 5 heteroatoms. The molecule has 1 aromatic heterocycles. The minimum Gasteiger partial charge on any atom is -0.348 e. The van der Waals surface area contributed by atoms with Crippen LogP contribution in [-0.2, 0) is 9.08 Å². The minimum absolute atomic E-state index is 0.0289. The second-order valence-corrected chi connectivity index (χ2v) is 2.86. The largest absolute Gasteiger partial charge is 0.348 e. The summed E-state index contributed by atoms with van der Waals surface area (Å²) in [7, 11) is 0. The Bertz CT molecular complexity index is 261. The van der Waals surface area contributed by atoms with E-state index in [-0.39, 0.29) is 12.5 Å². The van der Waals surface area contributed by atoms with Gasteiger partial charge in [0.2, 0.25) is 0 Å². The third kappa shape index (κ3) is 2.73. The summed E-state index contributed by atoms with van der Waals surface area (Å²) in [5, 5.41) is 4.04. The predicted molar refractivity (Wildman–Crippen MR) is 48.1 cm³/mol. The summed E-state index contributed by atoms with van der Waals surface area (Å²) in [5.41, 5.74) is 0. The van der Waals surface area contributed by atoms with Crippen molar-refractivity contribution in [1.29, 1.82) is 0 Å². The fraction of sp³-hybridized carbons (Fsp3) is 0.500. The standard InChI is InChI=1S/C8H11ClN2O2/c1-2-7(6-8(12)13-9)11-5-3-4-10-11/h3-5,7H,2,6H2,1H3. The van der Waals surface area contributed by atoms with Crippen LogP contribution in [0, 0.1) is 0 Å². The summed E-state index contributed by atoms with van der Waals surface area (Å²) in [6.45, 7) is 1.98. The maximum atomic E-state index is 10.9. The van der Waals surface area contributed by atoms with Crippen LogP contribution < -0.4 is 0 Å². The molecule has 0 aromatic carbocycles. The summed E-state index contributed by atoms with van der Waals surface area (Å²) >= 11 is 4.94. The number of aromatic nitrogens is 2. The normalized spacial score (nSPS) is 12.5. The third-order valence-corrected chi connectivity index (χ3v) is 2.03. The zero-order valence-corrected chi connectivity index (χ0v) is 8.07. The Morgan fingerprint density at radius 1 is 1.77 bits per heavy atom.